The fourth-order valence-electron chi connectivity index (χ4n) is 3.81. The summed E-state index contributed by atoms with van der Waals surface area (Å²) in [6.07, 6.45) is 11.3. The van der Waals surface area contributed by atoms with Crippen molar-refractivity contribution in [3.05, 3.63) is 23.3 Å². The first-order valence-corrected chi connectivity index (χ1v) is 8.97. The van der Waals surface area contributed by atoms with E-state index in [1.165, 1.54) is 11.1 Å². The van der Waals surface area contributed by atoms with Crippen LogP contribution in [0.4, 0.5) is 0 Å². The van der Waals surface area contributed by atoms with E-state index in [2.05, 4.69) is 46.8 Å². The molecule has 2 aliphatic heterocycles. The average molecular weight is 306 g/mol. The minimum atomic E-state index is -0.389. The highest BCUT2D eigenvalue weighted by Crippen LogP contribution is 2.47. The smallest absolute Gasteiger partial charge is 0.0921 e. The maximum atomic E-state index is 10.7. The van der Waals surface area contributed by atoms with E-state index in [4.69, 9.17) is 4.74 Å². The molecule has 1 saturated heterocycles. The van der Waals surface area contributed by atoms with E-state index in [9.17, 15) is 5.11 Å². The van der Waals surface area contributed by atoms with Crippen LogP contribution in [0, 0.1) is 5.92 Å². The number of fused-ring (bicyclic) bond motifs is 2. The molecule has 0 saturated carbocycles. The Labute approximate surface area is 136 Å². The fourth-order valence-corrected chi connectivity index (χ4v) is 3.81. The molecule has 2 nitrogen and oxygen atoms in total. The molecular formula is C20H34O2. The Morgan fingerprint density at radius 1 is 1.14 bits per heavy atom. The number of hydrogen-bond acceptors (Lipinski definition) is 2. The third-order valence-electron chi connectivity index (χ3n) is 5.88. The van der Waals surface area contributed by atoms with Crippen molar-refractivity contribution in [1.29, 1.82) is 0 Å². The molecule has 2 aliphatic rings. The SMILES string of the molecule is CC1=CCC/C(C)=C\C[C@@]2(C(C)C)CC[C@](C)(O2)[C@H](O)CC1. The van der Waals surface area contributed by atoms with Gasteiger partial charge in [0.15, 0.2) is 0 Å². The van der Waals surface area contributed by atoms with E-state index >= 15 is 0 Å². The van der Waals surface area contributed by atoms with Crippen molar-refractivity contribution in [3.63, 3.8) is 0 Å². The van der Waals surface area contributed by atoms with Crippen LogP contribution in [0.3, 0.4) is 0 Å². The predicted octanol–water partition coefficient (Wildman–Crippen LogP) is 5.17. The predicted molar refractivity (Wildman–Crippen MR) is 92.9 cm³/mol. The van der Waals surface area contributed by atoms with Gasteiger partial charge in [-0.15, -0.1) is 0 Å². The molecular weight excluding hydrogens is 272 g/mol. The molecule has 22 heavy (non-hydrogen) atoms. The topological polar surface area (TPSA) is 29.5 Å². The number of aliphatic hydroxyl groups is 1. The van der Waals surface area contributed by atoms with E-state index in [0.717, 1.165) is 44.9 Å². The summed E-state index contributed by atoms with van der Waals surface area (Å²) in [4.78, 5) is 0. The monoisotopic (exact) mass is 306 g/mol. The minimum absolute atomic E-state index is 0.104. The van der Waals surface area contributed by atoms with Crippen LogP contribution in [-0.4, -0.2) is 22.4 Å². The maximum absolute atomic E-state index is 10.7. The van der Waals surface area contributed by atoms with Crippen molar-refractivity contribution in [2.24, 2.45) is 5.92 Å². The Kier molecular flexibility index (Phi) is 5.55. The Balaban J connectivity index is 2.27. The lowest BCUT2D eigenvalue weighted by molar-refractivity contribution is -0.162. The summed E-state index contributed by atoms with van der Waals surface area (Å²) >= 11 is 0. The van der Waals surface area contributed by atoms with Gasteiger partial charge in [-0.3, -0.25) is 0 Å². The van der Waals surface area contributed by atoms with Crippen molar-refractivity contribution >= 4 is 0 Å². The summed E-state index contributed by atoms with van der Waals surface area (Å²) in [6.45, 7) is 11.0. The number of allylic oxidation sites excluding steroid dienone is 3. The fraction of sp³-hybridized carbons (Fsp3) is 0.800. The maximum Gasteiger partial charge on any atom is 0.0921 e. The van der Waals surface area contributed by atoms with Crippen molar-refractivity contribution in [2.75, 3.05) is 0 Å². The zero-order valence-electron chi connectivity index (χ0n) is 15.1. The van der Waals surface area contributed by atoms with E-state index in [-0.39, 0.29) is 17.3 Å². The van der Waals surface area contributed by atoms with Crippen LogP contribution in [0.25, 0.3) is 0 Å². The van der Waals surface area contributed by atoms with Crippen LogP contribution in [0.15, 0.2) is 23.3 Å². The highest BCUT2D eigenvalue weighted by Gasteiger charge is 2.50. The molecule has 1 N–H and O–H groups in total. The summed E-state index contributed by atoms with van der Waals surface area (Å²) in [5.74, 6) is 0.468. The highest BCUT2D eigenvalue weighted by molar-refractivity contribution is 5.10. The van der Waals surface area contributed by atoms with Crippen molar-refractivity contribution < 1.29 is 9.84 Å². The summed E-state index contributed by atoms with van der Waals surface area (Å²) in [7, 11) is 0. The second-order valence-electron chi connectivity index (χ2n) is 8.03. The molecule has 126 valence electrons. The largest absolute Gasteiger partial charge is 0.390 e. The van der Waals surface area contributed by atoms with Crippen LogP contribution >= 0.6 is 0 Å². The average Bonchev–Trinajstić information content (AvgIpc) is 2.82. The molecule has 0 aromatic rings. The molecule has 0 aliphatic carbocycles. The molecule has 2 rings (SSSR count). The van der Waals surface area contributed by atoms with Crippen molar-refractivity contribution in [3.8, 4) is 0 Å². The first-order valence-electron chi connectivity index (χ1n) is 8.97. The van der Waals surface area contributed by atoms with Crippen molar-refractivity contribution in [1.82, 2.24) is 0 Å². The first-order chi connectivity index (χ1) is 10.3. The quantitative estimate of drug-likeness (QED) is 0.677. The van der Waals surface area contributed by atoms with Gasteiger partial charge >= 0.3 is 0 Å². The molecule has 0 spiro atoms. The van der Waals surface area contributed by atoms with E-state index in [1.54, 1.807) is 0 Å². The lowest BCUT2D eigenvalue weighted by Gasteiger charge is -2.38. The van der Waals surface area contributed by atoms with Gasteiger partial charge in [-0.2, -0.15) is 0 Å². The lowest BCUT2D eigenvalue weighted by Crippen LogP contribution is -2.44. The van der Waals surface area contributed by atoms with Crippen LogP contribution in [0.5, 0.6) is 0 Å². The van der Waals surface area contributed by atoms with Crippen LogP contribution in [0.1, 0.15) is 79.6 Å². The van der Waals surface area contributed by atoms with Gasteiger partial charge in [-0.25, -0.2) is 0 Å². The number of hydrogen-bond donors (Lipinski definition) is 1. The number of ether oxygens (including phenoxy) is 1. The molecule has 1 fully saturated rings. The Hall–Kier alpha value is -0.600. The zero-order chi connectivity index (χ0) is 16.4. The lowest BCUT2D eigenvalue weighted by atomic mass is 9.82. The van der Waals surface area contributed by atoms with Gasteiger partial charge in [0.2, 0.25) is 0 Å². The molecule has 0 aromatic carbocycles. The van der Waals surface area contributed by atoms with E-state index < -0.39 is 0 Å². The third-order valence-corrected chi connectivity index (χ3v) is 5.88. The minimum Gasteiger partial charge on any atom is -0.390 e. The first kappa shape index (κ1) is 17.7. The van der Waals surface area contributed by atoms with Gasteiger partial charge in [0, 0.05) is 0 Å². The zero-order valence-corrected chi connectivity index (χ0v) is 15.1. The summed E-state index contributed by atoms with van der Waals surface area (Å²) < 4.78 is 6.59. The van der Waals surface area contributed by atoms with Crippen LogP contribution < -0.4 is 0 Å². The van der Waals surface area contributed by atoms with E-state index in [0.29, 0.717) is 5.92 Å². The van der Waals surface area contributed by atoms with Crippen molar-refractivity contribution in [2.45, 2.75) is 96.9 Å². The third kappa shape index (κ3) is 3.83. The second kappa shape index (κ2) is 6.88. The Bertz CT molecular complexity index is 449. The van der Waals surface area contributed by atoms with Gasteiger partial charge < -0.3 is 9.84 Å². The molecule has 3 atom stereocenters. The Morgan fingerprint density at radius 3 is 2.50 bits per heavy atom. The van der Waals surface area contributed by atoms with Crippen LogP contribution in [-0.2, 0) is 4.74 Å². The van der Waals surface area contributed by atoms with Gasteiger partial charge in [0.1, 0.15) is 0 Å². The molecule has 2 heteroatoms. The van der Waals surface area contributed by atoms with E-state index in [1.807, 2.05) is 0 Å². The van der Waals surface area contributed by atoms with Gasteiger partial charge in [-0.05, 0) is 71.6 Å². The van der Waals surface area contributed by atoms with Gasteiger partial charge in [-0.1, -0.05) is 37.1 Å². The van der Waals surface area contributed by atoms with Gasteiger partial charge in [0.05, 0.1) is 17.3 Å². The summed E-state index contributed by atoms with van der Waals surface area (Å²) in [5.41, 5.74) is 2.36. The highest BCUT2D eigenvalue weighted by atomic mass is 16.5. The molecule has 0 radical (unpaired) electrons. The summed E-state index contributed by atoms with van der Waals surface area (Å²) in [5, 5.41) is 10.7. The van der Waals surface area contributed by atoms with Gasteiger partial charge in [0.25, 0.3) is 0 Å². The molecule has 2 bridgehead atoms. The molecule has 2 heterocycles. The molecule has 0 amide bonds. The van der Waals surface area contributed by atoms with Crippen LogP contribution in [0.2, 0.25) is 0 Å². The Morgan fingerprint density at radius 2 is 1.82 bits per heavy atom. The molecule has 0 aromatic heterocycles. The second-order valence-corrected chi connectivity index (χ2v) is 8.03. The number of aliphatic hydroxyl groups excluding tert-OH is 1. The molecule has 0 unspecified atom stereocenters. The number of rotatable bonds is 1. The summed E-state index contributed by atoms with van der Waals surface area (Å²) in [6, 6.07) is 0. The normalized spacial score (nSPS) is 40.2. The standard InChI is InChI=1S/C20H34O2/c1-15(2)20-12-11-17(4)8-6-7-16(3)9-10-18(21)19(5,22-20)13-14-20/h7,11,15,18,21H,6,8-10,12-14H2,1-5H3/b16-7?,17-11-/t18-,19+,20+/m1/s1.